The van der Waals surface area contributed by atoms with Gasteiger partial charge < -0.3 is 10.0 Å². The minimum absolute atomic E-state index is 0.0891. The number of aliphatic hydroxyl groups excluding tert-OH is 1. The first kappa shape index (κ1) is 12.1. The first-order valence-electron chi connectivity index (χ1n) is 7.50. The molecule has 2 aromatic rings. The van der Waals surface area contributed by atoms with Gasteiger partial charge >= 0.3 is 0 Å². The van der Waals surface area contributed by atoms with E-state index in [1.807, 2.05) is 18.5 Å². The quantitative estimate of drug-likeness (QED) is 0.834. The van der Waals surface area contributed by atoms with Crippen molar-refractivity contribution < 1.29 is 5.11 Å². The Morgan fingerprint density at radius 1 is 1.35 bits per heavy atom. The zero-order valence-electron chi connectivity index (χ0n) is 11.5. The maximum absolute atomic E-state index is 10.4. The average Bonchev–Trinajstić information content (AvgIpc) is 3.07. The van der Waals surface area contributed by atoms with Crippen molar-refractivity contribution in [1.82, 2.24) is 15.2 Å². The van der Waals surface area contributed by atoms with Crippen molar-refractivity contribution >= 4 is 16.7 Å². The van der Waals surface area contributed by atoms with E-state index in [4.69, 9.17) is 0 Å². The Balaban J connectivity index is 1.70. The first-order valence-corrected chi connectivity index (χ1v) is 7.50. The van der Waals surface area contributed by atoms with Gasteiger partial charge in [-0.1, -0.05) is 6.42 Å². The lowest BCUT2D eigenvalue weighted by atomic mass is 9.76. The highest BCUT2D eigenvalue weighted by Crippen LogP contribution is 2.46. The smallest absolute Gasteiger partial charge is 0.139 e. The number of rotatable bonds is 1. The summed E-state index contributed by atoms with van der Waals surface area (Å²) in [6.45, 7) is 1.94. The number of aromatic amines is 1. The third-order valence-electron chi connectivity index (χ3n) is 5.11. The first-order chi connectivity index (χ1) is 9.78. The molecule has 2 fully saturated rings. The Labute approximate surface area is 118 Å². The van der Waals surface area contributed by atoms with E-state index in [0.29, 0.717) is 0 Å². The number of anilines is 1. The van der Waals surface area contributed by atoms with E-state index in [9.17, 15) is 5.11 Å². The van der Waals surface area contributed by atoms with Crippen LogP contribution in [-0.2, 0) is 0 Å². The zero-order chi connectivity index (χ0) is 13.6. The number of H-pyrrole nitrogens is 1. The fraction of sp³-hybridized carbons (Fsp3) is 0.600. The summed E-state index contributed by atoms with van der Waals surface area (Å²) >= 11 is 0. The van der Waals surface area contributed by atoms with Crippen molar-refractivity contribution in [1.29, 1.82) is 0 Å². The van der Waals surface area contributed by atoms with Gasteiger partial charge in [-0.3, -0.25) is 5.10 Å². The molecule has 0 aromatic carbocycles. The van der Waals surface area contributed by atoms with Gasteiger partial charge in [0.15, 0.2) is 0 Å². The Hall–Kier alpha value is -1.62. The molecule has 2 N–H and O–H groups in total. The molecule has 0 amide bonds. The minimum atomic E-state index is -0.145. The van der Waals surface area contributed by atoms with Gasteiger partial charge in [-0.2, -0.15) is 5.10 Å². The van der Waals surface area contributed by atoms with Crippen molar-refractivity contribution in [3.05, 3.63) is 18.5 Å². The standard InChI is InChI=1S/C15H20N4O/c20-13-3-1-5-15(13)6-2-8-19(10-15)14-11-9-17-18-12(11)4-7-16-14/h4,7,9,13,20H,1-3,5-6,8,10H2,(H,17,18)/t13-,15-/m1/s1. The monoisotopic (exact) mass is 272 g/mol. The molecule has 5 heteroatoms. The fourth-order valence-electron chi connectivity index (χ4n) is 4.04. The lowest BCUT2D eigenvalue weighted by Gasteiger charge is -2.43. The molecule has 2 aromatic heterocycles. The van der Waals surface area contributed by atoms with Crippen LogP contribution in [0.3, 0.4) is 0 Å². The third kappa shape index (κ3) is 1.73. The predicted molar refractivity (Wildman–Crippen MR) is 77.6 cm³/mol. The van der Waals surface area contributed by atoms with Crippen LogP contribution in [0.2, 0.25) is 0 Å². The van der Waals surface area contributed by atoms with E-state index in [1.165, 1.54) is 0 Å². The van der Waals surface area contributed by atoms with Gasteiger partial charge in [-0.25, -0.2) is 4.98 Å². The maximum atomic E-state index is 10.4. The molecule has 2 aliphatic rings. The molecular weight excluding hydrogens is 252 g/mol. The van der Waals surface area contributed by atoms with Crippen molar-refractivity contribution in [3.8, 4) is 0 Å². The van der Waals surface area contributed by atoms with E-state index in [0.717, 1.165) is 61.9 Å². The van der Waals surface area contributed by atoms with E-state index in [2.05, 4.69) is 20.1 Å². The van der Waals surface area contributed by atoms with Crippen molar-refractivity contribution in [2.24, 2.45) is 5.41 Å². The number of nitrogens with one attached hydrogen (secondary N) is 1. The van der Waals surface area contributed by atoms with Crippen molar-refractivity contribution in [2.45, 2.75) is 38.2 Å². The number of hydrogen-bond donors (Lipinski definition) is 2. The normalized spacial score (nSPS) is 30.4. The second kappa shape index (κ2) is 4.45. The second-order valence-electron chi connectivity index (χ2n) is 6.26. The molecule has 0 radical (unpaired) electrons. The second-order valence-corrected chi connectivity index (χ2v) is 6.26. The number of aromatic nitrogens is 3. The molecule has 1 spiro atoms. The molecule has 106 valence electrons. The molecule has 4 rings (SSSR count). The van der Waals surface area contributed by atoms with Gasteiger partial charge in [0, 0.05) is 24.7 Å². The van der Waals surface area contributed by atoms with E-state index < -0.39 is 0 Å². The lowest BCUT2D eigenvalue weighted by molar-refractivity contribution is 0.0408. The molecule has 1 aliphatic heterocycles. The van der Waals surface area contributed by atoms with Gasteiger partial charge in [0.25, 0.3) is 0 Å². The van der Waals surface area contributed by atoms with Gasteiger partial charge in [0.05, 0.1) is 23.2 Å². The predicted octanol–water partition coefficient (Wildman–Crippen LogP) is 2.09. The number of nitrogens with zero attached hydrogens (tertiary/aromatic N) is 3. The van der Waals surface area contributed by atoms with Crippen LogP contribution in [0.5, 0.6) is 0 Å². The number of piperidine rings is 1. The fourth-order valence-corrected chi connectivity index (χ4v) is 4.04. The summed E-state index contributed by atoms with van der Waals surface area (Å²) in [6, 6.07) is 1.95. The van der Waals surface area contributed by atoms with E-state index in [-0.39, 0.29) is 11.5 Å². The van der Waals surface area contributed by atoms with Crippen LogP contribution in [0.4, 0.5) is 5.82 Å². The van der Waals surface area contributed by atoms with E-state index in [1.54, 1.807) is 0 Å². The molecule has 1 saturated carbocycles. The lowest BCUT2D eigenvalue weighted by Crippen LogP contribution is -2.47. The largest absolute Gasteiger partial charge is 0.392 e. The molecule has 3 heterocycles. The minimum Gasteiger partial charge on any atom is -0.392 e. The van der Waals surface area contributed by atoms with Gasteiger partial charge in [0.1, 0.15) is 5.82 Å². The number of aliphatic hydroxyl groups is 1. The molecule has 2 atom stereocenters. The number of fused-ring (bicyclic) bond motifs is 1. The van der Waals surface area contributed by atoms with Crippen LogP contribution in [0, 0.1) is 5.41 Å². The van der Waals surface area contributed by atoms with Crippen LogP contribution in [0.1, 0.15) is 32.1 Å². The Bertz CT molecular complexity index is 625. The maximum Gasteiger partial charge on any atom is 0.139 e. The van der Waals surface area contributed by atoms with Crippen LogP contribution in [-0.4, -0.2) is 39.5 Å². The number of hydrogen-bond acceptors (Lipinski definition) is 4. The summed E-state index contributed by atoms with van der Waals surface area (Å²) in [6.07, 6.45) is 9.07. The summed E-state index contributed by atoms with van der Waals surface area (Å²) < 4.78 is 0. The molecule has 20 heavy (non-hydrogen) atoms. The molecule has 0 bridgehead atoms. The average molecular weight is 272 g/mol. The summed E-state index contributed by atoms with van der Waals surface area (Å²) in [5.74, 6) is 1.01. The highest BCUT2D eigenvalue weighted by molar-refractivity contribution is 5.88. The molecule has 1 aliphatic carbocycles. The Morgan fingerprint density at radius 3 is 3.10 bits per heavy atom. The highest BCUT2D eigenvalue weighted by Gasteiger charge is 2.45. The van der Waals surface area contributed by atoms with Crippen molar-refractivity contribution in [3.63, 3.8) is 0 Å². The topological polar surface area (TPSA) is 65.0 Å². The summed E-state index contributed by atoms with van der Waals surface area (Å²) in [4.78, 5) is 6.91. The summed E-state index contributed by atoms with van der Waals surface area (Å²) in [7, 11) is 0. The summed E-state index contributed by atoms with van der Waals surface area (Å²) in [5, 5.41) is 18.6. The molecular formula is C15H20N4O. The van der Waals surface area contributed by atoms with Gasteiger partial charge in [-0.05, 0) is 31.7 Å². The van der Waals surface area contributed by atoms with E-state index >= 15 is 0 Å². The van der Waals surface area contributed by atoms with Crippen LogP contribution < -0.4 is 4.90 Å². The third-order valence-corrected chi connectivity index (χ3v) is 5.11. The Kier molecular flexibility index (Phi) is 2.70. The van der Waals surface area contributed by atoms with Crippen molar-refractivity contribution in [2.75, 3.05) is 18.0 Å². The summed E-state index contributed by atoms with van der Waals surface area (Å²) in [5.41, 5.74) is 1.12. The van der Waals surface area contributed by atoms with Crippen LogP contribution in [0.15, 0.2) is 18.5 Å². The van der Waals surface area contributed by atoms with Gasteiger partial charge in [0.2, 0.25) is 0 Å². The Morgan fingerprint density at radius 2 is 2.25 bits per heavy atom. The highest BCUT2D eigenvalue weighted by atomic mass is 16.3. The van der Waals surface area contributed by atoms with Crippen LogP contribution >= 0.6 is 0 Å². The SMILES string of the molecule is O[C@@H]1CCC[C@]12CCCN(c1nccc3[nH]ncc13)C2. The molecule has 0 unspecified atom stereocenters. The molecule has 1 saturated heterocycles. The number of pyridine rings is 1. The zero-order valence-corrected chi connectivity index (χ0v) is 11.5. The van der Waals surface area contributed by atoms with Crippen LogP contribution in [0.25, 0.3) is 10.9 Å². The molecule has 5 nitrogen and oxygen atoms in total. The van der Waals surface area contributed by atoms with Gasteiger partial charge in [-0.15, -0.1) is 0 Å².